The van der Waals surface area contributed by atoms with E-state index in [1.165, 1.54) is 30.3 Å². The first-order chi connectivity index (χ1) is 14.2. The van der Waals surface area contributed by atoms with Crippen molar-refractivity contribution in [3.8, 4) is 0 Å². The Bertz CT molecular complexity index is 1160. The molecule has 5 nitrogen and oxygen atoms in total. The molecule has 0 bridgehead atoms. The molecule has 0 fully saturated rings. The SMILES string of the molecule is Cc1ccc(NC(=O)CN(c2cc(Cl)cc(Cl)c2)S(=O)(=O)c2ccccc2)c(C)c1. The second-order valence-corrected chi connectivity index (χ2v) is 9.55. The zero-order chi connectivity index (χ0) is 21.9. The number of nitrogens with one attached hydrogen (secondary N) is 1. The van der Waals surface area contributed by atoms with Crippen LogP contribution >= 0.6 is 23.2 Å². The first-order valence-electron chi connectivity index (χ1n) is 9.08. The van der Waals surface area contributed by atoms with Gasteiger partial charge in [-0.1, -0.05) is 59.1 Å². The summed E-state index contributed by atoms with van der Waals surface area (Å²) in [7, 11) is -4.04. The maximum absolute atomic E-state index is 13.3. The molecule has 8 heteroatoms. The lowest BCUT2D eigenvalue weighted by Gasteiger charge is -2.24. The van der Waals surface area contributed by atoms with Gasteiger partial charge < -0.3 is 5.32 Å². The van der Waals surface area contributed by atoms with Crippen LogP contribution in [0.3, 0.4) is 0 Å². The number of hydrogen-bond acceptors (Lipinski definition) is 3. The Kier molecular flexibility index (Phi) is 6.71. The second kappa shape index (κ2) is 9.08. The molecule has 0 aromatic heterocycles. The predicted octanol–water partition coefficient (Wildman–Crippen LogP) is 5.44. The predicted molar refractivity (Wildman–Crippen MR) is 122 cm³/mol. The van der Waals surface area contributed by atoms with Gasteiger partial charge in [0, 0.05) is 15.7 Å². The minimum atomic E-state index is -4.04. The van der Waals surface area contributed by atoms with Gasteiger partial charge in [0.05, 0.1) is 10.6 Å². The Morgan fingerprint density at radius 1 is 0.933 bits per heavy atom. The van der Waals surface area contributed by atoms with Crippen LogP contribution in [-0.2, 0) is 14.8 Å². The second-order valence-electron chi connectivity index (χ2n) is 6.82. The molecule has 3 rings (SSSR count). The van der Waals surface area contributed by atoms with E-state index in [4.69, 9.17) is 23.2 Å². The normalized spacial score (nSPS) is 11.2. The monoisotopic (exact) mass is 462 g/mol. The molecule has 156 valence electrons. The number of amides is 1. The van der Waals surface area contributed by atoms with Gasteiger partial charge >= 0.3 is 0 Å². The van der Waals surface area contributed by atoms with Gasteiger partial charge in [0.1, 0.15) is 6.54 Å². The molecule has 0 heterocycles. The van der Waals surface area contributed by atoms with Gasteiger partial charge in [0.25, 0.3) is 10.0 Å². The van der Waals surface area contributed by atoms with E-state index in [0.29, 0.717) is 5.69 Å². The van der Waals surface area contributed by atoms with Crippen molar-refractivity contribution in [2.24, 2.45) is 0 Å². The third-order valence-corrected chi connectivity index (χ3v) is 6.63. The number of nitrogens with zero attached hydrogens (tertiary/aromatic N) is 1. The van der Waals surface area contributed by atoms with E-state index in [2.05, 4.69) is 5.32 Å². The lowest BCUT2D eigenvalue weighted by molar-refractivity contribution is -0.114. The number of hydrogen-bond donors (Lipinski definition) is 1. The van der Waals surface area contributed by atoms with Crippen molar-refractivity contribution in [3.63, 3.8) is 0 Å². The molecule has 1 amide bonds. The van der Waals surface area contributed by atoms with Crippen LogP contribution in [0.25, 0.3) is 0 Å². The van der Waals surface area contributed by atoms with Crippen LogP contribution in [0.1, 0.15) is 11.1 Å². The van der Waals surface area contributed by atoms with E-state index in [-0.39, 0.29) is 20.6 Å². The Hall–Kier alpha value is -2.54. The minimum absolute atomic E-state index is 0.0559. The zero-order valence-electron chi connectivity index (χ0n) is 16.4. The van der Waals surface area contributed by atoms with E-state index >= 15 is 0 Å². The van der Waals surface area contributed by atoms with E-state index in [1.807, 2.05) is 26.0 Å². The summed E-state index contributed by atoms with van der Waals surface area (Å²) in [5.74, 6) is -0.488. The lowest BCUT2D eigenvalue weighted by atomic mass is 10.1. The number of halogens is 2. The van der Waals surface area contributed by atoms with Crippen molar-refractivity contribution in [2.75, 3.05) is 16.2 Å². The first kappa shape index (κ1) is 22.2. The van der Waals surface area contributed by atoms with Crippen LogP contribution < -0.4 is 9.62 Å². The molecule has 3 aromatic rings. The van der Waals surface area contributed by atoms with Crippen molar-refractivity contribution >= 4 is 50.5 Å². The maximum atomic E-state index is 13.3. The number of carbonyl (C=O) groups is 1. The van der Waals surface area contributed by atoms with Gasteiger partial charge in [-0.05, 0) is 55.8 Å². The third-order valence-electron chi connectivity index (χ3n) is 4.41. The van der Waals surface area contributed by atoms with Crippen molar-refractivity contribution in [1.29, 1.82) is 0 Å². The minimum Gasteiger partial charge on any atom is -0.324 e. The van der Waals surface area contributed by atoms with Gasteiger partial charge in [-0.3, -0.25) is 9.10 Å². The van der Waals surface area contributed by atoms with Gasteiger partial charge in [-0.25, -0.2) is 8.42 Å². The number of sulfonamides is 1. The Morgan fingerprint density at radius 3 is 2.17 bits per heavy atom. The summed E-state index contributed by atoms with van der Waals surface area (Å²) in [5, 5.41) is 3.31. The van der Waals surface area contributed by atoms with Crippen LogP contribution in [0.4, 0.5) is 11.4 Å². The van der Waals surface area contributed by atoms with Crippen LogP contribution in [0.2, 0.25) is 10.0 Å². The van der Waals surface area contributed by atoms with Gasteiger partial charge in [-0.2, -0.15) is 0 Å². The lowest BCUT2D eigenvalue weighted by Crippen LogP contribution is -2.38. The average molecular weight is 463 g/mol. The topological polar surface area (TPSA) is 66.5 Å². The molecule has 0 saturated carbocycles. The third kappa shape index (κ3) is 5.14. The summed E-state index contributed by atoms with van der Waals surface area (Å²) >= 11 is 12.2. The van der Waals surface area contributed by atoms with E-state index in [9.17, 15) is 13.2 Å². The summed E-state index contributed by atoms with van der Waals surface area (Å²) in [4.78, 5) is 12.9. The van der Waals surface area contributed by atoms with Crippen LogP contribution in [0.15, 0.2) is 71.6 Å². The fraction of sp³-hybridized carbons (Fsp3) is 0.136. The molecule has 1 N–H and O–H groups in total. The molecule has 0 aliphatic carbocycles. The summed E-state index contributed by atoms with van der Waals surface area (Å²) < 4.78 is 27.6. The molecule has 0 radical (unpaired) electrons. The van der Waals surface area contributed by atoms with E-state index in [1.54, 1.807) is 24.3 Å². The Labute approximate surface area is 186 Å². The molecular formula is C22H20Cl2N2O3S. The van der Waals surface area contributed by atoms with Crippen LogP contribution in [-0.4, -0.2) is 20.9 Å². The van der Waals surface area contributed by atoms with Gasteiger partial charge in [0.15, 0.2) is 0 Å². The maximum Gasteiger partial charge on any atom is 0.264 e. The highest BCUT2D eigenvalue weighted by Crippen LogP contribution is 2.29. The summed E-state index contributed by atoms with van der Waals surface area (Å²) in [6, 6.07) is 17.9. The quantitative estimate of drug-likeness (QED) is 0.529. The van der Waals surface area contributed by atoms with Gasteiger partial charge in [0.2, 0.25) is 5.91 Å². The molecule has 0 unspecified atom stereocenters. The average Bonchev–Trinajstić information content (AvgIpc) is 2.68. The fourth-order valence-corrected chi connectivity index (χ4v) is 4.93. The van der Waals surface area contributed by atoms with Crippen molar-refractivity contribution < 1.29 is 13.2 Å². The zero-order valence-corrected chi connectivity index (χ0v) is 18.7. The fourth-order valence-electron chi connectivity index (χ4n) is 2.99. The van der Waals surface area contributed by atoms with Crippen LogP contribution in [0.5, 0.6) is 0 Å². The smallest absolute Gasteiger partial charge is 0.264 e. The van der Waals surface area contributed by atoms with Crippen molar-refractivity contribution in [2.45, 2.75) is 18.7 Å². The molecule has 0 aliphatic heterocycles. The molecule has 30 heavy (non-hydrogen) atoms. The molecule has 0 aliphatic rings. The highest BCUT2D eigenvalue weighted by atomic mass is 35.5. The van der Waals surface area contributed by atoms with Gasteiger partial charge in [-0.15, -0.1) is 0 Å². The molecule has 0 spiro atoms. The Balaban J connectivity index is 1.98. The van der Waals surface area contributed by atoms with E-state index < -0.39 is 22.5 Å². The molecule has 0 atom stereocenters. The number of benzene rings is 3. The Morgan fingerprint density at radius 2 is 1.57 bits per heavy atom. The highest BCUT2D eigenvalue weighted by molar-refractivity contribution is 7.92. The van der Waals surface area contributed by atoms with E-state index in [0.717, 1.165) is 15.4 Å². The van der Waals surface area contributed by atoms with Crippen molar-refractivity contribution in [1.82, 2.24) is 0 Å². The first-order valence-corrected chi connectivity index (χ1v) is 11.3. The molecule has 0 saturated heterocycles. The number of aryl methyl sites for hydroxylation is 2. The highest BCUT2D eigenvalue weighted by Gasteiger charge is 2.27. The largest absolute Gasteiger partial charge is 0.324 e. The number of anilines is 2. The molecule has 3 aromatic carbocycles. The standard InChI is InChI=1S/C22H20Cl2N2O3S/c1-15-8-9-21(16(2)10-15)25-22(27)14-26(19-12-17(23)11-18(24)13-19)30(28,29)20-6-4-3-5-7-20/h3-13H,14H2,1-2H3,(H,25,27). The summed E-state index contributed by atoms with van der Waals surface area (Å²) in [5.41, 5.74) is 2.76. The summed E-state index contributed by atoms with van der Waals surface area (Å²) in [6.45, 7) is 3.38. The summed E-state index contributed by atoms with van der Waals surface area (Å²) in [6.07, 6.45) is 0. The van der Waals surface area contributed by atoms with Crippen molar-refractivity contribution in [3.05, 3.63) is 87.9 Å². The molecular weight excluding hydrogens is 443 g/mol. The number of rotatable bonds is 6. The number of carbonyl (C=O) groups excluding carboxylic acids is 1. The van der Waals surface area contributed by atoms with Crippen LogP contribution in [0, 0.1) is 13.8 Å².